The van der Waals surface area contributed by atoms with Crippen LogP contribution < -0.4 is 5.32 Å². The zero-order valence-electron chi connectivity index (χ0n) is 10.5. The van der Waals surface area contributed by atoms with E-state index in [-0.39, 0.29) is 18.9 Å². The molecular weight excluding hydrogens is 234 g/mol. The van der Waals surface area contributed by atoms with E-state index in [1.54, 1.807) is 30.3 Å². The Morgan fingerprint density at radius 3 is 2.39 bits per heavy atom. The van der Waals surface area contributed by atoms with Gasteiger partial charge in [-0.3, -0.25) is 4.79 Å². The molecule has 1 aromatic carbocycles. The van der Waals surface area contributed by atoms with Gasteiger partial charge in [-0.05, 0) is 5.56 Å². The lowest BCUT2D eigenvalue weighted by Gasteiger charge is -2.28. The van der Waals surface area contributed by atoms with Gasteiger partial charge in [0.05, 0.1) is 0 Å². The summed E-state index contributed by atoms with van der Waals surface area (Å²) in [6.07, 6.45) is 0.169. The van der Waals surface area contributed by atoms with Crippen molar-refractivity contribution in [1.82, 2.24) is 5.32 Å². The number of carboxylic acids is 1. The van der Waals surface area contributed by atoms with E-state index in [2.05, 4.69) is 5.32 Å². The van der Waals surface area contributed by atoms with Gasteiger partial charge in [0.15, 0.2) is 5.60 Å². The van der Waals surface area contributed by atoms with Gasteiger partial charge in [0, 0.05) is 27.0 Å². The van der Waals surface area contributed by atoms with Crippen LogP contribution in [-0.2, 0) is 19.9 Å². The highest BCUT2D eigenvalue weighted by molar-refractivity contribution is 5.79. The summed E-state index contributed by atoms with van der Waals surface area (Å²) in [6.45, 7) is 1.63. The van der Waals surface area contributed by atoms with Gasteiger partial charge in [-0.1, -0.05) is 30.3 Å². The SMILES string of the molecule is COC(CCNC(C)=O)(C(=O)O)c1ccccc1. The zero-order chi connectivity index (χ0) is 13.6. The van der Waals surface area contributed by atoms with E-state index in [9.17, 15) is 14.7 Å². The van der Waals surface area contributed by atoms with Crippen molar-refractivity contribution in [2.45, 2.75) is 18.9 Å². The minimum atomic E-state index is -1.43. The summed E-state index contributed by atoms with van der Waals surface area (Å²) in [7, 11) is 1.36. The number of ether oxygens (including phenoxy) is 1. The van der Waals surface area contributed by atoms with Gasteiger partial charge in [-0.15, -0.1) is 0 Å². The predicted molar refractivity (Wildman–Crippen MR) is 66.1 cm³/mol. The molecule has 0 radical (unpaired) electrons. The number of hydrogen-bond donors (Lipinski definition) is 2. The molecule has 5 heteroatoms. The van der Waals surface area contributed by atoms with E-state index in [4.69, 9.17) is 4.74 Å². The Morgan fingerprint density at radius 1 is 1.33 bits per heavy atom. The van der Waals surface area contributed by atoms with Crippen LogP contribution in [0.4, 0.5) is 0 Å². The van der Waals surface area contributed by atoms with Gasteiger partial charge < -0.3 is 15.2 Å². The number of carbonyl (C=O) groups is 2. The monoisotopic (exact) mass is 251 g/mol. The number of carbonyl (C=O) groups excluding carboxylic acids is 1. The number of nitrogens with one attached hydrogen (secondary N) is 1. The first-order valence-electron chi connectivity index (χ1n) is 5.61. The molecule has 98 valence electrons. The zero-order valence-corrected chi connectivity index (χ0v) is 10.5. The molecule has 0 aliphatic carbocycles. The Hall–Kier alpha value is -1.88. The van der Waals surface area contributed by atoms with Crippen LogP contribution in [0.15, 0.2) is 30.3 Å². The average Bonchev–Trinajstić information content (AvgIpc) is 2.35. The maximum absolute atomic E-state index is 11.5. The van der Waals surface area contributed by atoms with Crippen LogP contribution in [0.2, 0.25) is 0 Å². The lowest BCUT2D eigenvalue weighted by molar-refractivity contribution is -0.164. The number of aliphatic carboxylic acids is 1. The first kappa shape index (κ1) is 14.2. The third-order valence-corrected chi connectivity index (χ3v) is 2.79. The Morgan fingerprint density at radius 2 is 1.94 bits per heavy atom. The molecule has 1 rings (SSSR count). The van der Waals surface area contributed by atoms with Crippen LogP contribution in [0.25, 0.3) is 0 Å². The molecule has 2 N–H and O–H groups in total. The molecule has 1 unspecified atom stereocenters. The van der Waals surface area contributed by atoms with Crippen molar-refractivity contribution in [3.63, 3.8) is 0 Å². The fraction of sp³-hybridized carbons (Fsp3) is 0.385. The van der Waals surface area contributed by atoms with Gasteiger partial charge in [0.2, 0.25) is 5.91 Å². The summed E-state index contributed by atoms with van der Waals surface area (Å²) in [5.74, 6) is -1.26. The van der Waals surface area contributed by atoms with Crippen molar-refractivity contribution in [2.24, 2.45) is 0 Å². The lowest BCUT2D eigenvalue weighted by atomic mass is 9.90. The summed E-state index contributed by atoms with van der Waals surface area (Å²) in [5, 5.41) is 12.0. The molecule has 1 aromatic rings. The van der Waals surface area contributed by atoms with Gasteiger partial charge in [-0.25, -0.2) is 4.79 Å². The fourth-order valence-corrected chi connectivity index (χ4v) is 1.80. The van der Waals surface area contributed by atoms with Crippen molar-refractivity contribution in [1.29, 1.82) is 0 Å². The molecule has 1 atom stereocenters. The summed E-state index contributed by atoms with van der Waals surface area (Å²) in [4.78, 5) is 22.3. The molecule has 0 saturated heterocycles. The highest BCUT2D eigenvalue weighted by atomic mass is 16.5. The number of amides is 1. The molecule has 0 aromatic heterocycles. The average molecular weight is 251 g/mol. The van der Waals surface area contributed by atoms with E-state index in [0.717, 1.165) is 0 Å². The molecule has 5 nitrogen and oxygen atoms in total. The first-order chi connectivity index (χ1) is 8.53. The molecule has 0 bridgehead atoms. The minimum absolute atomic E-state index is 0.169. The van der Waals surface area contributed by atoms with Crippen molar-refractivity contribution in [3.05, 3.63) is 35.9 Å². The number of methoxy groups -OCH3 is 1. The van der Waals surface area contributed by atoms with Crippen LogP contribution >= 0.6 is 0 Å². The molecule has 0 fully saturated rings. The van der Waals surface area contributed by atoms with Crippen molar-refractivity contribution < 1.29 is 19.4 Å². The van der Waals surface area contributed by atoms with E-state index in [0.29, 0.717) is 5.56 Å². The van der Waals surface area contributed by atoms with Gasteiger partial charge in [0.1, 0.15) is 0 Å². The van der Waals surface area contributed by atoms with Crippen molar-refractivity contribution in [2.75, 3.05) is 13.7 Å². The van der Waals surface area contributed by atoms with Gasteiger partial charge in [0.25, 0.3) is 0 Å². The second-order valence-electron chi connectivity index (χ2n) is 3.94. The van der Waals surface area contributed by atoms with Gasteiger partial charge >= 0.3 is 5.97 Å². The third-order valence-electron chi connectivity index (χ3n) is 2.79. The van der Waals surface area contributed by atoms with Crippen LogP contribution in [0.1, 0.15) is 18.9 Å². The number of benzene rings is 1. The molecule has 0 spiro atoms. The predicted octanol–water partition coefficient (Wildman–Crippen LogP) is 1.14. The number of hydrogen-bond acceptors (Lipinski definition) is 3. The molecule has 0 saturated carbocycles. The standard InChI is InChI=1S/C13H17NO4/c1-10(15)14-9-8-13(18-2,12(16)17)11-6-4-3-5-7-11/h3-7H,8-9H2,1-2H3,(H,14,15)(H,16,17). The van der Waals surface area contributed by atoms with E-state index < -0.39 is 11.6 Å². The fourth-order valence-electron chi connectivity index (χ4n) is 1.80. The van der Waals surface area contributed by atoms with Crippen LogP contribution in [0, 0.1) is 0 Å². The Balaban J connectivity index is 2.95. The Bertz CT molecular complexity index is 418. The molecule has 1 amide bonds. The van der Waals surface area contributed by atoms with Crippen LogP contribution in [0.3, 0.4) is 0 Å². The second kappa shape index (κ2) is 6.16. The first-order valence-corrected chi connectivity index (χ1v) is 5.61. The summed E-state index contributed by atoms with van der Waals surface area (Å²) in [5.41, 5.74) is -0.866. The molecule has 18 heavy (non-hydrogen) atoms. The highest BCUT2D eigenvalue weighted by Gasteiger charge is 2.40. The second-order valence-corrected chi connectivity index (χ2v) is 3.94. The largest absolute Gasteiger partial charge is 0.479 e. The molecular formula is C13H17NO4. The lowest BCUT2D eigenvalue weighted by Crippen LogP contribution is -2.41. The minimum Gasteiger partial charge on any atom is -0.479 e. The number of rotatable bonds is 6. The summed E-state index contributed by atoms with van der Waals surface area (Å²) < 4.78 is 5.22. The Labute approximate surface area is 106 Å². The van der Waals surface area contributed by atoms with Crippen molar-refractivity contribution >= 4 is 11.9 Å². The molecule has 0 aliphatic heterocycles. The Kier molecular flexibility index (Phi) is 4.85. The maximum Gasteiger partial charge on any atom is 0.340 e. The molecule has 0 aliphatic rings. The topological polar surface area (TPSA) is 75.6 Å². The highest BCUT2D eigenvalue weighted by Crippen LogP contribution is 2.29. The van der Waals surface area contributed by atoms with E-state index in [1.165, 1.54) is 14.0 Å². The third kappa shape index (κ3) is 3.07. The van der Waals surface area contributed by atoms with Gasteiger partial charge in [-0.2, -0.15) is 0 Å². The smallest absolute Gasteiger partial charge is 0.340 e. The normalized spacial score (nSPS) is 13.7. The molecule has 0 heterocycles. The summed E-state index contributed by atoms with van der Waals surface area (Å²) >= 11 is 0. The van der Waals surface area contributed by atoms with Crippen LogP contribution in [-0.4, -0.2) is 30.6 Å². The van der Waals surface area contributed by atoms with E-state index in [1.807, 2.05) is 0 Å². The van der Waals surface area contributed by atoms with E-state index >= 15 is 0 Å². The quantitative estimate of drug-likeness (QED) is 0.795. The van der Waals surface area contributed by atoms with Crippen LogP contribution in [0.5, 0.6) is 0 Å². The maximum atomic E-state index is 11.5. The number of carboxylic acid groups (broad SMARTS) is 1. The van der Waals surface area contributed by atoms with Crippen molar-refractivity contribution in [3.8, 4) is 0 Å². The summed E-state index contributed by atoms with van der Waals surface area (Å²) in [6, 6.07) is 8.71.